The van der Waals surface area contributed by atoms with E-state index in [2.05, 4.69) is 16.0 Å². The van der Waals surface area contributed by atoms with Gasteiger partial charge in [-0.1, -0.05) is 0 Å². The zero-order valence-corrected chi connectivity index (χ0v) is 11.3. The molecule has 0 saturated carbocycles. The summed E-state index contributed by atoms with van der Waals surface area (Å²) in [7, 11) is 0. The Balaban J connectivity index is 2.05. The summed E-state index contributed by atoms with van der Waals surface area (Å²) in [5, 5.41) is 9.72. The van der Waals surface area contributed by atoms with Gasteiger partial charge in [0.1, 0.15) is 10.9 Å². The lowest BCUT2D eigenvalue weighted by atomic mass is 10.1. The number of hydrogen-bond donors (Lipinski definition) is 3. The van der Waals surface area contributed by atoms with Crippen LogP contribution in [0, 0.1) is 0 Å². The van der Waals surface area contributed by atoms with Gasteiger partial charge in [-0.15, -0.1) is 11.3 Å². The minimum Gasteiger partial charge on any atom is -0.354 e. The minimum absolute atomic E-state index is 0.155. The Kier molecular flexibility index (Phi) is 4.16. The molecule has 1 aromatic rings. The van der Waals surface area contributed by atoms with E-state index in [4.69, 9.17) is 0 Å². The predicted molar refractivity (Wildman–Crippen MR) is 72.1 cm³/mol. The van der Waals surface area contributed by atoms with Gasteiger partial charge in [-0.2, -0.15) is 0 Å². The minimum atomic E-state index is -0.492. The lowest BCUT2D eigenvalue weighted by Crippen LogP contribution is -2.50. The van der Waals surface area contributed by atoms with Gasteiger partial charge in [0.05, 0.1) is 5.69 Å². The largest absolute Gasteiger partial charge is 0.354 e. The molecule has 2 rings (SSSR count). The van der Waals surface area contributed by atoms with Gasteiger partial charge in [-0.05, 0) is 24.3 Å². The van der Waals surface area contributed by atoms with Crippen LogP contribution in [0.3, 0.4) is 0 Å². The van der Waals surface area contributed by atoms with Crippen LogP contribution in [0.5, 0.6) is 0 Å². The second-order valence-electron chi connectivity index (χ2n) is 4.30. The predicted octanol–water partition coefficient (Wildman–Crippen LogP) is 0.715. The van der Waals surface area contributed by atoms with Crippen molar-refractivity contribution in [3.63, 3.8) is 0 Å². The van der Waals surface area contributed by atoms with Crippen molar-refractivity contribution in [3.05, 3.63) is 16.3 Å². The molecule has 1 atom stereocenters. The maximum absolute atomic E-state index is 12.1. The molecule has 1 aliphatic heterocycles. The van der Waals surface area contributed by atoms with E-state index in [9.17, 15) is 14.4 Å². The van der Waals surface area contributed by atoms with Crippen LogP contribution in [-0.2, 0) is 9.59 Å². The Labute approximate surface area is 114 Å². The fourth-order valence-corrected chi connectivity index (χ4v) is 2.66. The summed E-state index contributed by atoms with van der Waals surface area (Å²) in [6, 6.07) is 1.18. The zero-order chi connectivity index (χ0) is 13.8. The van der Waals surface area contributed by atoms with E-state index in [1.807, 2.05) is 0 Å². The highest BCUT2D eigenvalue weighted by Gasteiger charge is 2.25. The third-order valence-electron chi connectivity index (χ3n) is 2.77. The Morgan fingerprint density at radius 3 is 2.95 bits per heavy atom. The Morgan fingerprint density at radius 2 is 2.26 bits per heavy atom. The quantitative estimate of drug-likeness (QED) is 0.762. The second kappa shape index (κ2) is 5.83. The highest BCUT2D eigenvalue weighted by molar-refractivity contribution is 7.12. The molecule has 1 aliphatic rings. The van der Waals surface area contributed by atoms with Gasteiger partial charge in [0, 0.05) is 13.5 Å². The van der Waals surface area contributed by atoms with Crippen molar-refractivity contribution < 1.29 is 14.4 Å². The van der Waals surface area contributed by atoms with E-state index in [0.717, 1.165) is 6.42 Å². The van der Waals surface area contributed by atoms with Crippen LogP contribution in [0.2, 0.25) is 0 Å². The SMILES string of the molecule is CC(=O)Nc1ccsc1C(=O)NC1CCCNC1=O. The molecule has 1 unspecified atom stereocenters. The monoisotopic (exact) mass is 281 g/mol. The maximum atomic E-state index is 12.1. The molecule has 3 amide bonds. The standard InChI is InChI=1S/C12H15N3O3S/c1-7(16)14-8-4-6-19-10(8)12(18)15-9-3-2-5-13-11(9)17/h4,6,9H,2-3,5H2,1H3,(H,13,17)(H,14,16)(H,15,18). The van der Waals surface area contributed by atoms with Gasteiger partial charge >= 0.3 is 0 Å². The molecular formula is C12H15N3O3S. The highest BCUT2D eigenvalue weighted by Crippen LogP contribution is 2.22. The van der Waals surface area contributed by atoms with Crippen LogP contribution in [0.4, 0.5) is 5.69 Å². The molecule has 6 nitrogen and oxygen atoms in total. The van der Waals surface area contributed by atoms with Crippen molar-refractivity contribution >= 4 is 34.7 Å². The topological polar surface area (TPSA) is 87.3 Å². The second-order valence-corrected chi connectivity index (χ2v) is 5.22. The first-order valence-corrected chi connectivity index (χ1v) is 6.89. The summed E-state index contributed by atoms with van der Waals surface area (Å²) in [5.74, 6) is -0.721. The number of nitrogens with one attached hydrogen (secondary N) is 3. The summed E-state index contributed by atoms with van der Waals surface area (Å²) in [4.78, 5) is 35.1. The van der Waals surface area contributed by atoms with E-state index in [1.54, 1.807) is 11.4 Å². The average molecular weight is 281 g/mol. The highest BCUT2D eigenvalue weighted by atomic mass is 32.1. The fraction of sp³-hybridized carbons (Fsp3) is 0.417. The molecular weight excluding hydrogens is 266 g/mol. The number of carbonyl (C=O) groups excluding carboxylic acids is 3. The summed E-state index contributed by atoms with van der Waals surface area (Å²) in [6.45, 7) is 2.04. The molecule has 1 fully saturated rings. The number of hydrogen-bond acceptors (Lipinski definition) is 4. The third kappa shape index (κ3) is 3.31. The molecule has 102 valence electrons. The van der Waals surface area contributed by atoms with E-state index >= 15 is 0 Å². The number of rotatable bonds is 3. The van der Waals surface area contributed by atoms with Gasteiger partial charge in [0.2, 0.25) is 11.8 Å². The van der Waals surface area contributed by atoms with Gasteiger partial charge < -0.3 is 16.0 Å². The molecule has 0 bridgehead atoms. The van der Waals surface area contributed by atoms with Crippen molar-refractivity contribution in [1.82, 2.24) is 10.6 Å². The van der Waals surface area contributed by atoms with Crippen LogP contribution in [-0.4, -0.2) is 30.3 Å². The molecule has 0 radical (unpaired) electrons. The first-order chi connectivity index (χ1) is 9.08. The van der Waals surface area contributed by atoms with Crippen LogP contribution < -0.4 is 16.0 Å². The van der Waals surface area contributed by atoms with Crippen molar-refractivity contribution in [3.8, 4) is 0 Å². The lowest BCUT2D eigenvalue weighted by Gasteiger charge is -2.22. The van der Waals surface area contributed by atoms with Crippen molar-refractivity contribution in [1.29, 1.82) is 0 Å². The Bertz CT molecular complexity index is 512. The summed E-state index contributed by atoms with van der Waals surface area (Å²) >= 11 is 1.23. The summed E-state index contributed by atoms with van der Waals surface area (Å²) in [6.07, 6.45) is 1.48. The Hall–Kier alpha value is -1.89. The third-order valence-corrected chi connectivity index (χ3v) is 3.69. The van der Waals surface area contributed by atoms with Gasteiger partial charge in [0.25, 0.3) is 5.91 Å². The number of carbonyl (C=O) groups is 3. The van der Waals surface area contributed by atoms with Crippen LogP contribution in [0.1, 0.15) is 29.4 Å². The molecule has 2 heterocycles. The number of amides is 3. The molecule has 0 spiro atoms. The lowest BCUT2D eigenvalue weighted by molar-refractivity contribution is -0.124. The van der Waals surface area contributed by atoms with Crippen molar-refractivity contribution in [2.75, 3.05) is 11.9 Å². The summed E-state index contributed by atoms with van der Waals surface area (Å²) < 4.78 is 0. The number of piperidine rings is 1. The molecule has 1 saturated heterocycles. The van der Waals surface area contributed by atoms with Crippen LogP contribution >= 0.6 is 11.3 Å². The van der Waals surface area contributed by atoms with Crippen molar-refractivity contribution in [2.45, 2.75) is 25.8 Å². The molecule has 0 aromatic carbocycles. The maximum Gasteiger partial charge on any atom is 0.264 e. The van der Waals surface area contributed by atoms with Gasteiger partial charge in [-0.25, -0.2) is 0 Å². The van der Waals surface area contributed by atoms with E-state index < -0.39 is 6.04 Å². The number of anilines is 1. The van der Waals surface area contributed by atoms with Gasteiger partial charge in [-0.3, -0.25) is 14.4 Å². The molecule has 1 aromatic heterocycles. The van der Waals surface area contributed by atoms with Crippen LogP contribution in [0.15, 0.2) is 11.4 Å². The summed E-state index contributed by atoms with van der Waals surface area (Å²) in [5.41, 5.74) is 0.478. The average Bonchev–Trinajstić information content (AvgIpc) is 2.79. The smallest absolute Gasteiger partial charge is 0.264 e. The molecule has 0 aliphatic carbocycles. The van der Waals surface area contributed by atoms with Crippen LogP contribution in [0.25, 0.3) is 0 Å². The van der Waals surface area contributed by atoms with E-state index in [1.165, 1.54) is 18.3 Å². The van der Waals surface area contributed by atoms with E-state index in [0.29, 0.717) is 23.5 Å². The first-order valence-electron chi connectivity index (χ1n) is 6.01. The fourth-order valence-electron chi connectivity index (χ4n) is 1.91. The first kappa shape index (κ1) is 13.5. The van der Waals surface area contributed by atoms with Gasteiger partial charge in [0.15, 0.2) is 0 Å². The normalized spacial score (nSPS) is 18.6. The Morgan fingerprint density at radius 1 is 1.47 bits per heavy atom. The van der Waals surface area contributed by atoms with E-state index in [-0.39, 0.29) is 17.7 Å². The zero-order valence-electron chi connectivity index (χ0n) is 10.5. The van der Waals surface area contributed by atoms with Crippen molar-refractivity contribution in [2.24, 2.45) is 0 Å². The molecule has 3 N–H and O–H groups in total. The molecule has 7 heteroatoms. The number of thiophene rings is 1. The molecule has 19 heavy (non-hydrogen) atoms.